The summed E-state index contributed by atoms with van der Waals surface area (Å²) in [5.74, 6) is -0.910. The number of nitrogens with two attached hydrogens (primary N) is 1. The first kappa shape index (κ1) is 20.4. The SMILES string of the molecule is N#C/C(=C/Nc1ccc(N)cc1Cl)C(=O)Nc1ccc(Cl)c(C(F)(F)F)c1. The van der Waals surface area contributed by atoms with Crippen LogP contribution >= 0.6 is 23.2 Å². The lowest BCUT2D eigenvalue weighted by atomic mass is 10.2. The lowest BCUT2D eigenvalue weighted by Gasteiger charge is -2.11. The van der Waals surface area contributed by atoms with Gasteiger partial charge in [-0.3, -0.25) is 4.79 Å². The summed E-state index contributed by atoms with van der Waals surface area (Å²) in [6, 6.07) is 9.08. The predicted octanol–water partition coefficient (Wildman–Crippen LogP) is 5.05. The Kier molecular flexibility index (Phi) is 6.20. The van der Waals surface area contributed by atoms with E-state index in [4.69, 9.17) is 34.2 Å². The van der Waals surface area contributed by atoms with E-state index in [0.717, 1.165) is 12.3 Å². The minimum absolute atomic E-state index is 0.164. The molecule has 2 rings (SSSR count). The Hall–Kier alpha value is -2.89. The van der Waals surface area contributed by atoms with Crippen LogP contribution in [0.1, 0.15) is 5.56 Å². The fourth-order valence-electron chi connectivity index (χ4n) is 1.97. The lowest BCUT2D eigenvalue weighted by Crippen LogP contribution is -2.15. The average Bonchev–Trinajstić information content (AvgIpc) is 2.57. The van der Waals surface area contributed by atoms with Gasteiger partial charge in [0.2, 0.25) is 0 Å². The van der Waals surface area contributed by atoms with Crippen molar-refractivity contribution >= 4 is 46.2 Å². The minimum atomic E-state index is -4.68. The van der Waals surface area contributed by atoms with Crippen molar-refractivity contribution in [2.45, 2.75) is 6.18 Å². The summed E-state index contributed by atoms with van der Waals surface area (Å²) in [4.78, 5) is 12.1. The smallest absolute Gasteiger partial charge is 0.399 e. The van der Waals surface area contributed by atoms with Gasteiger partial charge in [-0.1, -0.05) is 23.2 Å². The highest BCUT2D eigenvalue weighted by molar-refractivity contribution is 6.33. The van der Waals surface area contributed by atoms with Crippen LogP contribution in [0.3, 0.4) is 0 Å². The number of nitrogens with zero attached hydrogens (tertiary/aromatic N) is 1. The van der Waals surface area contributed by atoms with Crippen molar-refractivity contribution in [3.05, 3.63) is 63.8 Å². The van der Waals surface area contributed by atoms with E-state index in [9.17, 15) is 18.0 Å². The summed E-state index contributed by atoms with van der Waals surface area (Å²) >= 11 is 11.5. The topological polar surface area (TPSA) is 90.9 Å². The zero-order valence-corrected chi connectivity index (χ0v) is 14.9. The number of benzene rings is 2. The van der Waals surface area contributed by atoms with Gasteiger partial charge in [0.25, 0.3) is 5.91 Å². The maximum atomic E-state index is 12.9. The fraction of sp³-hybridized carbons (Fsp3) is 0.0588. The third kappa shape index (κ3) is 5.29. The molecule has 0 aliphatic rings. The van der Waals surface area contributed by atoms with E-state index in [0.29, 0.717) is 17.4 Å². The number of hydrogen-bond acceptors (Lipinski definition) is 4. The van der Waals surface area contributed by atoms with Crippen LogP contribution in [-0.2, 0) is 11.0 Å². The number of anilines is 3. The number of carbonyl (C=O) groups excluding carboxylic acids is 1. The molecule has 0 fully saturated rings. The predicted molar refractivity (Wildman–Crippen MR) is 98.3 cm³/mol. The van der Waals surface area contributed by atoms with E-state index in [1.54, 1.807) is 12.1 Å². The van der Waals surface area contributed by atoms with Crippen molar-refractivity contribution in [2.24, 2.45) is 0 Å². The number of alkyl halides is 3. The van der Waals surface area contributed by atoms with Crippen LogP contribution in [0, 0.1) is 11.3 Å². The van der Waals surface area contributed by atoms with Crippen LogP contribution in [-0.4, -0.2) is 5.91 Å². The lowest BCUT2D eigenvalue weighted by molar-refractivity contribution is -0.137. The number of hydrogen-bond donors (Lipinski definition) is 3. The molecule has 0 aromatic heterocycles. The quantitative estimate of drug-likeness (QED) is 0.370. The van der Waals surface area contributed by atoms with Crippen LogP contribution < -0.4 is 16.4 Å². The fourth-order valence-corrected chi connectivity index (χ4v) is 2.43. The Morgan fingerprint density at radius 1 is 1.15 bits per heavy atom. The zero-order chi connectivity index (χ0) is 20.2. The van der Waals surface area contributed by atoms with Crippen molar-refractivity contribution in [3.8, 4) is 6.07 Å². The Labute approximate surface area is 162 Å². The molecule has 0 bridgehead atoms. The van der Waals surface area contributed by atoms with Gasteiger partial charge in [0.15, 0.2) is 0 Å². The van der Waals surface area contributed by atoms with Gasteiger partial charge in [0.1, 0.15) is 11.6 Å². The minimum Gasteiger partial charge on any atom is -0.399 e. The van der Waals surface area contributed by atoms with Gasteiger partial charge >= 0.3 is 6.18 Å². The third-order valence-corrected chi connectivity index (χ3v) is 3.90. The van der Waals surface area contributed by atoms with Crippen molar-refractivity contribution in [1.29, 1.82) is 5.26 Å². The molecule has 4 N–H and O–H groups in total. The summed E-state index contributed by atoms with van der Waals surface area (Å²) in [5, 5.41) is 13.8. The molecule has 0 aliphatic carbocycles. The van der Waals surface area contributed by atoms with Crippen LogP contribution in [0.25, 0.3) is 0 Å². The number of halogens is 5. The first-order valence-electron chi connectivity index (χ1n) is 7.21. The Balaban J connectivity index is 2.19. The molecule has 1 amide bonds. The van der Waals surface area contributed by atoms with Gasteiger partial charge in [-0.05, 0) is 36.4 Å². The number of nitriles is 1. The molecule has 27 heavy (non-hydrogen) atoms. The zero-order valence-electron chi connectivity index (χ0n) is 13.4. The van der Waals surface area contributed by atoms with Crippen molar-refractivity contribution in [1.82, 2.24) is 0 Å². The average molecular weight is 415 g/mol. The highest BCUT2D eigenvalue weighted by Crippen LogP contribution is 2.36. The summed E-state index contributed by atoms with van der Waals surface area (Å²) in [6.45, 7) is 0. The maximum Gasteiger partial charge on any atom is 0.417 e. The number of nitrogen functional groups attached to an aromatic ring is 1. The normalized spacial score (nSPS) is 11.6. The molecule has 0 unspecified atom stereocenters. The van der Waals surface area contributed by atoms with E-state index in [1.165, 1.54) is 18.2 Å². The first-order valence-corrected chi connectivity index (χ1v) is 7.97. The molecule has 5 nitrogen and oxygen atoms in total. The molecule has 140 valence electrons. The molecule has 0 saturated heterocycles. The number of carbonyl (C=O) groups is 1. The first-order chi connectivity index (χ1) is 12.6. The van der Waals surface area contributed by atoms with E-state index < -0.39 is 22.7 Å². The molecule has 0 atom stereocenters. The third-order valence-electron chi connectivity index (χ3n) is 3.26. The monoisotopic (exact) mass is 414 g/mol. The molecule has 0 radical (unpaired) electrons. The molecular weight excluding hydrogens is 404 g/mol. The van der Waals surface area contributed by atoms with Crippen molar-refractivity contribution in [2.75, 3.05) is 16.4 Å². The number of amides is 1. The molecule has 2 aromatic rings. The summed E-state index contributed by atoms with van der Waals surface area (Å²) in [5.41, 5.74) is 4.73. The molecule has 0 heterocycles. The summed E-state index contributed by atoms with van der Waals surface area (Å²) < 4.78 is 38.6. The van der Waals surface area contributed by atoms with E-state index in [-0.39, 0.29) is 16.3 Å². The van der Waals surface area contributed by atoms with E-state index in [1.807, 2.05) is 0 Å². The van der Waals surface area contributed by atoms with Gasteiger partial charge in [0, 0.05) is 17.6 Å². The van der Waals surface area contributed by atoms with Crippen molar-refractivity contribution < 1.29 is 18.0 Å². The van der Waals surface area contributed by atoms with Gasteiger partial charge in [-0.2, -0.15) is 18.4 Å². The Bertz CT molecular complexity index is 952. The molecule has 2 aromatic carbocycles. The van der Waals surface area contributed by atoms with Crippen LogP contribution in [0.5, 0.6) is 0 Å². The standard InChI is InChI=1S/C17H11Cl2F3N4O/c18-13-3-2-11(6-12(13)17(20,21)22)26-16(27)9(7-23)8-25-15-4-1-10(24)5-14(15)19/h1-6,8,25H,24H2,(H,26,27)/b9-8-. The largest absolute Gasteiger partial charge is 0.417 e. The van der Waals surface area contributed by atoms with Crippen molar-refractivity contribution in [3.63, 3.8) is 0 Å². The number of nitrogens with one attached hydrogen (secondary N) is 2. The van der Waals surface area contributed by atoms with Crippen LogP contribution in [0.4, 0.5) is 30.2 Å². The van der Waals surface area contributed by atoms with Gasteiger partial charge < -0.3 is 16.4 Å². The molecule has 0 spiro atoms. The van der Waals surface area contributed by atoms with Crippen LogP contribution in [0.2, 0.25) is 10.0 Å². The summed E-state index contributed by atoms with van der Waals surface area (Å²) in [7, 11) is 0. The van der Waals surface area contributed by atoms with Gasteiger partial charge in [-0.15, -0.1) is 0 Å². The van der Waals surface area contributed by atoms with Gasteiger partial charge in [0.05, 0.1) is 21.3 Å². The molecule has 0 saturated carbocycles. The molecular formula is C17H11Cl2F3N4O. The maximum absolute atomic E-state index is 12.9. The summed E-state index contributed by atoms with van der Waals surface area (Å²) in [6.07, 6.45) is -3.60. The Morgan fingerprint density at radius 2 is 1.85 bits per heavy atom. The van der Waals surface area contributed by atoms with E-state index >= 15 is 0 Å². The second-order valence-electron chi connectivity index (χ2n) is 5.20. The highest BCUT2D eigenvalue weighted by Gasteiger charge is 2.33. The van der Waals surface area contributed by atoms with Gasteiger partial charge in [-0.25, -0.2) is 0 Å². The molecule has 0 aliphatic heterocycles. The van der Waals surface area contributed by atoms with E-state index in [2.05, 4.69) is 10.6 Å². The Morgan fingerprint density at radius 3 is 2.44 bits per heavy atom. The number of rotatable bonds is 4. The molecule has 10 heteroatoms. The second kappa shape index (κ2) is 8.20. The highest BCUT2D eigenvalue weighted by atomic mass is 35.5. The second-order valence-corrected chi connectivity index (χ2v) is 6.01. The van der Waals surface area contributed by atoms with Crippen LogP contribution in [0.15, 0.2) is 48.2 Å².